The Bertz CT molecular complexity index is 512. The second-order valence-corrected chi connectivity index (χ2v) is 6.17. The van der Waals surface area contributed by atoms with Crippen molar-refractivity contribution in [2.45, 2.75) is 49.1 Å². The Balaban J connectivity index is 2.14. The summed E-state index contributed by atoms with van der Waals surface area (Å²) < 4.78 is 1.92. The molecule has 1 aromatic heterocycles. The van der Waals surface area contributed by atoms with Crippen LogP contribution in [0.3, 0.4) is 0 Å². The zero-order valence-corrected chi connectivity index (χ0v) is 12.4. The topological polar surface area (TPSA) is 103 Å². The van der Waals surface area contributed by atoms with E-state index in [1.165, 1.54) is 11.8 Å². The Hall–Kier alpha value is -1.57. The van der Waals surface area contributed by atoms with Crippen molar-refractivity contribution in [1.82, 2.24) is 20.1 Å². The van der Waals surface area contributed by atoms with Gasteiger partial charge in [0.05, 0.1) is 5.25 Å². The lowest BCUT2D eigenvalue weighted by molar-refractivity contribution is -0.120. The van der Waals surface area contributed by atoms with E-state index in [2.05, 4.69) is 15.5 Å². The molecule has 20 heavy (non-hydrogen) atoms. The third-order valence-electron chi connectivity index (χ3n) is 3.17. The summed E-state index contributed by atoms with van der Waals surface area (Å²) in [6, 6.07) is 0. The molecule has 0 bridgehead atoms. The number of primary amides is 1. The summed E-state index contributed by atoms with van der Waals surface area (Å²) in [5.41, 5.74) is 5.21. The second-order valence-electron chi connectivity index (χ2n) is 4.86. The smallest absolute Gasteiger partial charge is 0.233 e. The number of nitrogens with zero attached hydrogens (tertiary/aromatic N) is 3. The third-order valence-corrected chi connectivity index (χ3v) is 4.25. The molecule has 0 saturated heterocycles. The van der Waals surface area contributed by atoms with E-state index >= 15 is 0 Å². The molecule has 1 unspecified atom stereocenters. The predicted molar refractivity (Wildman–Crippen MR) is 75.2 cm³/mol. The summed E-state index contributed by atoms with van der Waals surface area (Å²) in [5, 5.41) is 11.4. The lowest BCUT2D eigenvalue weighted by Crippen LogP contribution is -2.27. The van der Waals surface area contributed by atoms with Gasteiger partial charge in [-0.15, -0.1) is 10.2 Å². The number of thioether (sulfide) groups is 1. The molecule has 3 N–H and O–H groups in total. The summed E-state index contributed by atoms with van der Waals surface area (Å²) in [6.07, 6.45) is 2.45. The van der Waals surface area contributed by atoms with E-state index in [1.54, 1.807) is 7.05 Å². The highest BCUT2D eigenvalue weighted by Crippen LogP contribution is 2.40. The highest BCUT2D eigenvalue weighted by molar-refractivity contribution is 8.00. The standard InChI is InChI=1S/C12H19N5O2S/c1-7(11(19)14-2)20-12-16-15-10(8-3-4-8)17(12)6-5-9(13)18/h7-8H,3-6H2,1-2H3,(H2,13,18)(H,14,19). The molecule has 0 aliphatic heterocycles. The Kier molecular flexibility index (Phi) is 4.64. The largest absolute Gasteiger partial charge is 0.370 e. The van der Waals surface area contributed by atoms with Gasteiger partial charge in [-0.1, -0.05) is 11.8 Å². The molecule has 0 radical (unpaired) electrons. The Morgan fingerprint density at radius 1 is 1.50 bits per heavy atom. The quantitative estimate of drug-likeness (QED) is 0.703. The van der Waals surface area contributed by atoms with Crippen molar-refractivity contribution in [2.24, 2.45) is 5.73 Å². The Morgan fingerprint density at radius 3 is 2.75 bits per heavy atom. The predicted octanol–water partition coefficient (Wildman–Crippen LogP) is 0.257. The molecule has 110 valence electrons. The van der Waals surface area contributed by atoms with Gasteiger partial charge in [0.2, 0.25) is 11.8 Å². The summed E-state index contributed by atoms with van der Waals surface area (Å²) in [4.78, 5) is 22.6. The summed E-state index contributed by atoms with van der Waals surface area (Å²) in [6.45, 7) is 2.28. The van der Waals surface area contributed by atoms with Crippen molar-refractivity contribution in [2.75, 3.05) is 7.05 Å². The lowest BCUT2D eigenvalue weighted by Gasteiger charge is -2.11. The average Bonchev–Trinajstić information content (AvgIpc) is 3.18. The van der Waals surface area contributed by atoms with Crippen LogP contribution < -0.4 is 11.1 Å². The molecular weight excluding hydrogens is 278 g/mol. The Labute approximate surface area is 121 Å². The van der Waals surface area contributed by atoms with Gasteiger partial charge in [-0.3, -0.25) is 9.59 Å². The van der Waals surface area contributed by atoms with E-state index < -0.39 is 0 Å². The molecular formula is C12H19N5O2S. The molecule has 1 aliphatic rings. The number of rotatable bonds is 7. The van der Waals surface area contributed by atoms with Crippen molar-refractivity contribution in [3.63, 3.8) is 0 Å². The minimum absolute atomic E-state index is 0.0626. The monoisotopic (exact) mass is 297 g/mol. The molecule has 8 heteroatoms. The van der Waals surface area contributed by atoms with Crippen LogP contribution in [-0.4, -0.2) is 38.9 Å². The molecule has 1 aliphatic carbocycles. The lowest BCUT2D eigenvalue weighted by atomic mass is 10.3. The molecule has 1 heterocycles. The van der Waals surface area contributed by atoms with Crippen LogP contribution in [0, 0.1) is 0 Å². The molecule has 1 aromatic rings. The second kappa shape index (κ2) is 6.25. The van der Waals surface area contributed by atoms with E-state index in [1.807, 2.05) is 11.5 Å². The van der Waals surface area contributed by atoms with Crippen molar-refractivity contribution in [3.8, 4) is 0 Å². The number of nitrogens with one attached hydrogen (secondary N) is 1. The van der Waals surface area contributed by atoms with Crippen LogP contribution in [-0.2, 0) is 16.1 Å². The van der Waals surface area contributed by atoms with E-state index in [0.717, 1.165) is 18.7 Å². The fourth-order valence-corrected chi connectivity index (χ4v) is 2.82. The molecule has 0 spiro atoms. The number of aromatic nitrogens is 3. The fourth-order valence-electron chi connectivity index (χ4n) is 1.88. The number of amides is 2. The van der Waals surface area contributed by atoms with Gasteiger partial charge in [0, 0.05) is 25.9 Å². The van der Waals surface area contributed by atoms with Crippen LogP contribution in [0.2, 0.25) is 0 Å². The molecule has 1 atom stereocenters. The summed E-state index contributed by atoms with van der Waals surface area (Å²) >= 11 is 1.35. The fraction of sp³-hybridized carbons (Fsp3) is 0.667. The molecule has 1 saturated carbocycles. The van der Waals surface area contributed by atoms with Crippen LogP contribution in [0.4, 0.5) is 0 Å². The van der Waals surface area contributed by atoms with Gasteiger partial charge in [0.25, 0.3) is 0 Å². The van der Waals surface area contributed by atoms with Gasteiger partial charge in [-0.25, -0.2) is 0 Å². The maximum absolute atomic E-state index is 11.6. The third kappa shape index (κ3) is 3.50. The van der Waals surface area contributed by atoms with Gasteiger partial charge in [-0.2, -0.15) is 0 Å². The number of carbonyl (C=O) groups excluding carboxylic acids is 2. The van der Waals surface area contributed by atoms with Gasteiger partial charge >= 0.3 is 0 Å². The van der Waals surface area contributed by atoms with Crippen molar-refractivity contribution < 1.29 is 9.59 Å². The van der Waals surface area contributed by atoms with Crippen molar-refractivity contribution in [3.05, 3.63) is 5.82 Å². The Morgan fingerprint density at radius 2 is 2.20 bits per heavy atom. The van der Waals surface area contributed by atoms with Crippen LogP contribution in [0.15, 0.2) is 5.16 Å². The molecule has 1 fully saturated rings. The minimum Gasteiger partial charge on any atom is -0.370 e. The maximum atomic E-state index is 11.6. The van der Waals surface area contributed by atoms with E-state index in [-0.39, 0.29) is 23.5 Å². The van der Waals surface area contributed by atoms with Gasteiger partial charge < -0.3 is 15.6 Å². The van der Waals surface area contributed by atoms with E-state index in [0.29, 0.717) is 17.6 Å². The molecule has 0 aromatic carbocycles. The highest BCUT2D eigenvalue weighted by atomic mass is 32.2. The van der Waals surface area contributed by atoms with Crippen LogP contribution in [0.25, 0.3) is 0 Å². The molecule has 2 amide bonds. The van der Waals surface area contributed by atoms with Gasteiger partial charge in [-0.05, 0) is 19.8 Å². The number of hydrogen-bond acceptors (Lipinski definition) is 5. The van der Waals surface area contributed by atoms with E-state index in [9.17, 15) is 9.59 Å². The summed E-state index contributed by atoms with van der Waals surface area (Å²) in [7, 11) is 1.60. The zero-order valence-electron chi connectivity index (χ0n) is 11.6. The van der Waals surface area contributed by atoms with Gasteiger partial charge in [0.15, 0.2) is 5.16 Å². The summed E-state index contributed by atoms with van der Waals surface area (Å²) in [5.74, 6) is 0.918. The van der Waals surface area contributed by atoms with Gasteiger partial charge in [0.1, 0.15) is 5.82 Å². The first-order valence-corrected chi connectivity index (χ1v) is 7.50. The average molecular weight is 297 g/mol. The number of nitrogens with two attached hydrogens (primary N) is 1. The van der Waals surface area contributed by atoms with Crippen molar-refractivity contribution in [1.29, 1.82) is 0 Å². The first-order valence-electron chi connectivity index (χ1n) is 6.62. The van der Waals surface area contributed by atoms with Crippen LogP contribution >= 0.6 is 11.8 Å². The van der Waals surface area contributed by atoms with E-state index in [4.69, 9.17) is 5.73 Å². The zero-order chi connectivity index (χ0) is 14.7. The SMILES string of the molecule is CNC(=O)C(C)Sc1nnc(C2CC2)n1CCC(N)=O. The normalized spacial score (nSPS) is 15.9. The molecule has 2 rings (SSSR count). The highest BCUT2D eigenvalue weighted by Gasteiger charge is 2.31. The van der Waals surface area contributed by atoms with Crippen LogP contribution in [0.5, 0.6) is 0 Å². The maximum Gasteiger partial charge on any atom is 0.233 e. The molecule has 7 nitrogen and oxygen atoms in total. The first kappa shape index (κ1) is 14.8. The number of carbonyl (C=O) groups is 2. The number of hydrogen-bond donors (Lipinski definition) is 2. The minimum atomic E-state index is -0.351. The first-order chi connectivity index (χ1) is 9.52. The van der Waals surface area contributed by atoms with Crippen molar-refractivity contribution >= 4 is 23.6 Å². The van der Waals surface area contributed by atoms with Crippen LogP contribution in [0.1, 0.15) is 37.9 Å².